The van der Waals surface area contributed by atoms with Crippen molar-refractivity contribution in [1.82, 2.24) is 0 Å². The number of rotatable bonds is 2. The monoisotopic (exact) mass is 196 g/mol. The lowest BCUT2D eigenvalue weighted by Crippen LogP contribution is -2.33. The molecule has 1 aliphatic rings. The maximum atomic E-state index is 11.8. The lowest BCUT2D eigenvalue weighted by Gasteiger charge is -2.23. The van der Waals surface area contributed by atoms with E-state index in [1.165, 1.54) is 0 Å². The van der Waals surface area contributed by atoms with Crippen LogP contribution in [0.1, 0.15) is 27.2 Å². The molecule has 1 rings (SSSR count). The van der Waals surface area contributed by atoms with Gasteiger partial charge in [-0.25, -0.2) is 0 Å². The van der Waals surface area contributed by atoms with Gasteiger partial charge in [0.25, 0.3) is 0 Å². The maximum absolute atomic E-state index is 11.8. The molecule has 1 heterocycles. The fraction of sp³-hybridized carbons (Fsp3) is 0.636. The van der Waals surface area contributed by atoms with E-state index in [4.69, 9.17) is 4.74 Å². The van der Waals surface area contributed by atoms with Crippen LogP contribution in [0.2, 0.25) is 0 Å². The number of ketones is 1. The van der Waals surface area contributed by atoms with Crippen LogP contribution in [0.5, 0.6) is 0 Å². The predicted molar refractivity (Wildman–Crippen MR) is 52.6 cm³/mol. The number of esters is 1. The molecule has 0 N–H and O–H groups in total. The van der Waals surface area contributed by atoms with Crippen molar-refractivity contribution in [2.75, 3.05) is 0 Å². The van der Waals surface area contributed by atoms with Crippen LogP contribution < -0.4 is 0 Å². The molecule has 0 aromatic rings. The van der Waals surface area contributed by atoms with Gasteiger partial charge in [-0.1, -0.05) is 26.8 Å². The lowest BCUT2D eigenvalue weighted by molar-refractivity contribution is -0.148. The van der Waals surface area contributed by atoms with Gasteiger partial charge in [0.05, 0.1) is 0 Å². The number of ether oxygens (including phenoxy) is 1. The number of hydrogen-bond donors (Lipinski definition) is 0. The Labute approximate surface area is 84.1 Å². The highest BCUT2D eigenvalue weighted by Gasteiger charge is 2.47. The summed E-state index contributed by atoms with van der Waals surface area (Å²) in [5.41, 5.74) is -0.317. The molecule has 0 spiro atoms. The Balaban J connectivity index is 2.84. The van der Waals surface area contributed by atoms with Crippen LogP contribution in [0.4, 0.5) is 0 Å². The average molecular weight is 196 g/mol. The molecule has 3 nitrogen and oxygen atoms in total. The fourth-order valence-corrected chi connectivity index (χ4v) is 1.54. The Morgan fingerprint density at radius 3 is 2.36 bits per heavy atom. The zero-order valence-corrected chi connectivity index (χ0v) is 8.87. The van der Waals surface area contributed by atoms with Crippen LogP contribution in [-0.2, 0) is 14.3 Å². The molecule has 0 aromatic heterocycles. The van der Waals surface area contributed by atoms with Crippen LogP contribution in [-0.4, -0.2) is 17.9 Å². The number of allylic oxidation sites excluding steroid dienone is 1. The summed E-state index contributed by atoms with van der Waals surface area (Å²) in [7, 11) is 0. The summed E-state index contributed by atoms with van der Waals surface area (Å²) in [6, 6.07) is 0. The van der Waals surface area contributed by atoms with Gasteiger partial charge in [-0.2, -0.15) is 0 Å². The Hall–Kier alpha value is -1.12. The molecule has 0 amide bonds. The highest BCUT2D eigenvalue weighted by molar-refractivity contribution is 6.07. The van der Waals surface area contributed by atoms with Gasteiger partial charge >= 0.3 is 5.97 Å². The van der Waals surface area contributed by atoms with Crippen LogP contribution in [0.25, 0.3) is 0 Å². The van der Waals surface area contributed by atoms with Crippen molar-refractivity contribution >= 4 is 11.8 Å². The van der Waals surface area contributed by atoms with E-state index >= 15 is 0 Å². The number of carbonyl (C=O) groups is 2. The van der Waals surface area contributed by atoms with Crippen molar-refractivity contribution in [2.24, 2.45) is 11.3 Å². The smallest absolute Gasteiger partial charge is 0.317 e. The largest absolute Gasteiger partial charge is 0.453 e. The molecule has 0 aliphatic carbocycles. The second kappa shape index (κ2) is 3.56. The normalized spacial score (nSPS) is 27.6. The zero-order chi connectivity index (χ0) is 10.9. The summed E-state index contributed by atoms with van der Waals surface area (Å²) in [5.74, 6) is -1.14. The first-order chi connectivity index (χ1) is 6.38. The molecule has 1 saturated heterocycles. The van der Waals surface area contributed by atoms with E-state index in [-0.39, 0.29) is 11.2 Å². The molecule has 78 valence electrons. The molecule has 0 unspecified atom stereocenters. The minimum atomic E-state index is -0.628. The maximum Gasteiger partial charge on any atom is 0.317 e. The predicted octanol–water partition coefficient (Wildman–Crippen LogP) is 1.72. The Kier molecular flexibility index (Phi) is 2.79. The van der Waals surface area contributed by atoms with Crippen LogP contribution in [0.15, 0.2) is 12.7 Å². The molecule has 0 radical (unpaired) electrons. The van der Waals surface area contributed by atoms with Gasteiger partial charge < -0.3 is 4.74 Å². The summed E-state index contributed by atoms with van der Waals surface area (Å²) < 4.78 is 5.07. The second-order valence-electron chi connectivity index (χ2n) is 4.66. The Morgan fingerprint density at radius 2 is 2.00 bits per heavy atom. The molecule has 1 aliphatic heterocycles. The molecule has 0 bridgehead atoms. The van der Waals surface area contributed by atoms with Gasteiger partial charge in [-0.05, 0) is 6.42 Å². The van der Waals surface area contributed by atoms with E-state index in [0.29, 0.717) is 6.42 Å². The van der Waals surface area contributed by atoms with Gasteiger partial charge in [0, 0.05) is 5.41 Å². The van der Waals surface area contributed by atoms with E-state index in [1.807, 2.05) is 20.8 Å². The van der Waals surface area contributed by atoms with Gasteiger partial charge in [-0.15, -0.1) is 6.58 Å². The van der Waals surface area contributed by atoms with Gasteiger partial charge in [0.1, 0.15) is 5.92 Å². The van der Waals surface area contributed by atoms with E-state index < -0.39 is 18.0 Å². The second-order valence-corrected chi connectivity index (χ2v) is 4.66. The minimum absolute atomic E-state index is 0.109. The number of Topliss-reactive ketones (excluding diaryl/α,β-unsaturated/α-hetero) is 1. The highest BCUT2D eigenvalue weighted by atomic mass is 16.6. The number of carbonyl (C=O) groups excluding carboxylic acids is 2. The van der Waals surface area contributed by atoms with E-state index in [9.17, 15) is 9.59 Å². The first-order valence-electron chi connectivity index (χ1n) is 4.73. The fourth-order valence-electron chi connectivity index (χ4n) is 1.54. The molecule has 2 atom stereocenters. The SMILES string of the molecule is C=CC[C@@H]1C(=O)O[C@@H](C(C)(C)C)C1=O. The zero-order valence-electron chi connectivity index (χ0n) is 8.87. The summed E-state index contributed by atoms with van der Waals surface area (Å²) in [6.45, 7) is 9.18. The highest BCUT2D eigenvalue weighted by Crippen LogP contribution is 2.32. The van der Waals surface area contributed by atoms with Crippen molar-refractivity contribution in [3.05, 3.63) is 12.7 Å². The van der Waals surface area contributed by atoms with E-state index in [0.717, 1.165) is 0 Å². The quantitative estimate of drug-likeness (QED) is 0.383. The summed E-state index contributed by atoms with van der Waals surface area (Å²) in [6.07, 6.45) is 1.36. The van der Waals surface area contributed by atoms with Crippen molar-refractivity contribution in [2.45, 2.75) is 33.3 Å². The first-order valence-corrected chi connectivity index (χ1v) is 4.73. The number of cyclic esters (lactones) is 1. The molecular formula is C11H16O3. The van der Waals surface area contributed by atoms with Gasteiger partial charge in [0.15, 0.2) is 11.9 Å². The molecule has 1 fully saturated rings. The molecule has 3 heteroatoms. The third kappa shape index (κ3) is 1.86. The third-order valence-electron chi connectivity index (χ3n) is 2.31. The van der Waals surface area contributed by atoms with E-state index in [1.54, 1.807) is 6.08 Å². The van der Waals surface area contributed by atoms with Crippen molar-refractivity contribution in [1.29, 1.82) is 0 Å². The first kappa shape index (κ1) is 11.0. The average Bonchev–Trinajstić information content (AvgIpc) is 2.31. The van der Waals surface area contributed by atoms with Crippen molar-refractivity contribution < 1.29 is 14.3 Å². The Morgan fingerprint density at radius 1 is 1.43 bits per heavy atom. The Bertz CT molecular complexity index is 273. The number of hydrogen-bond acceptors (Lipinski definition) is 3. The van der Waals surface area contributed by atoms with Crippen LogP contribution in [0.3, 0.4) is 0 Å². The molecule has 0 saturated carbocycles. The summed E-state index contributed by atoms with van der Waals surface area (Å²) in [4.78, 5) is 23.1. The van der Waals surface area contributed by atoms with Crippen molar-refractivity contribution in [3.8, 4) is 0 Å². The third-order valence-corrected chi connectivity index (χ3v) is 2.31. The molecule has 14 heavy (non-hydrogen) atoms. The standard InChI is InChI=1S/C11H16O3/c1-5-6-7-8(12)9(11(2,3)4)14-10(7)13/h5,7,9H,1,6H2,2-4H3/t7-,9+/m0/s1. The van der Waals surface area contributed by atoms with Crippen LogP contribution in [0, 0.1) is 11.3 Å². The van der Waals surface area contributed by atoms with E-state index in [2.05, 4.69) is 6.58 Å². The summed E-state index contributed by atoms with van der Waals surface area (Å²) in [5, 5.41) is 0. The minimum Gasteiger partial charge on any atom is -0.453 e. The van der Waals surface area contributed by atoms with Crippen molar-refractivity contribution in [3.63, 3.8) is 0 Å². The van der Waals surface area contributed by atoms with Crippen LogP contribution >= 0.6 is 0 Å². The summed E-state index contributed by atoms with van der Waals surface area (Å²) >= 11 is 0. The van der Waals surface area contributed by atoms with Gasteiger partial charge in [-0.3, -0.25) is 9.59 Å². The van der Waals surface area contributed by atoms with Gasteiger partial charge in [0.2, 0.25) is 0 Å². The molecular weight excluding hydrogens is 180 g/mol. The molecule has 0 aromatic carbocycles. The lowest BCUT2D eigenvalue weighted by atomic mass is 9.84. The topological polar surface area (TPSA) is 43.4 Å².